The van der Waals surface area contributed by atoms with Gasteiger partial charge in [0.15, 0.2) is 0 Å². The van der Waals surface area contributed by atoms with Crippen LogP contribution in [0.4, 0.5) is 0 Å². The van der Waals surface area contributed by atoms with Gasteiger partial charge in [-0.25, -0.2) is 0 Å². The van der Waals surface area contributed by atoms with Gasteiger partial charge in [-0.3, -0.25) is 8.98 Å². The van der Waals surface area contributed by atoms with Crippen molar-refractivity contribution in [2.45, 2.75) is 20.3 Å². The van der Waals surface area contributed by atoms with Gasteiger partial charge in [0.1, 0.15) is 0 Å². The summed E-state index contributed by atoms with van der Waals surface area (Å²) in [6.07, 6.45) is 0.584. The molecule has 0 radical (unpaired) electrons. The van der Waals surface area contributed by atoms with E-state index in [2.05, 4.69) is 10.8 Å². The summed E-state index contributed by atoms with van der Waals surface area (Å²) in [6, 6.07) is 0. The Morgan fingerprint density at radius 3 is 2.36 bits per heavy atom. The maximum atomic E-state index is 11.0. The van der Waals surface area contributed by atoms with E-state index in [4.69, 9.17) is 0 Å². The molecule has 0 saturated carbocycles. The van der Waals surface area contributed by atoms with Crippen LogP contribution in [-0.4, -0.2) is 49.7 Å². The number of hydrogen-bond acceptors (Lipinski definition) is 5. The Bertz CT molecular complexity index is 297. The predicted molar refractivity (Wildman–Crippen MR) is 59.7 cm³/mol. The molecule has 0 heterocycles. The van der Waals surface area contributed by atoms with E-state index in [1.165, 1.54) is 6.92 Å². The quantitative estimate of drug-likeness (QED) is 0.410. The Kier molecular flexibility index (Phi) is 9.63. The second kappa shape index (κ2) is 7.90. The molecule has 0 aliphatic carbocycles. The van der Waals surface area contributed by atoms with Gasteiger partial charge in [0.2, 0.25) is 5.12 Å². The molecule has 0 aromatic heterocycles. The molecule has 0 saturated heterocycles. The van der Waals surface area contributed by atoms with Crippen molar-refractivity contribution in [1.82, 2.24) is 0 Å². The fraction of sp³-hybridized carbons (Fsp3) is 0.571. The predicted octanol–water partition coefficient (Wildman–Crippen LogP) is 0.845. The van der Waals surface area contributed by atoms with Crippen molar-refractivity contribution in [3.63, 3.8) is 0 Å². The average Bonchev–Trinajstić information content (AvgIpc) is 2.00. The molecule has 0 rings (SSSR count). The van der Waals surface area contributed by atoms with Gasteiger partial charge in [0.05, 0.1) is 17.4 Å². The van der Waals surface area contributed by atoms with Gasteiger partial charge in [-0.15, -0.1) is 0 Å². The van der Waals surface area contributed by atoms with Gasteiger partial charge in [-0.2, -0.15) is 8.42 Å². The van der Waals surface area contributed by atoms with E-state index in [0.717, 1.165) is 0 Å². The van der Waals surface area contributed by atoms with E-state index in [1.807, 2.05) is 0 Å². The second-order valence-electron chi connectivity index (χ2n) is 2.38. The van der Waals surface area contributed by atoms with E-state index in [1.54, 1.807) is 6.92 Å². The standard InChI is InChI=1S/C7H12O4S2.Na.H/c1-4-5-11-13(9,10)12-7(8)6(2)3;;/h2,4-5H2,1,3H3;;. The molecule has 0 N–H and O–H groups in total. The van der Waals surface area contributed by atoms with Crippen molar-refractivity contribution >= 4 is 54.6 Å². The summed E-state index contributed by atoms with van der Waals surface area (Å²) in [5.74, 6) is 0. The zero-order valence-corrected chi connectivity index (χ0v) is 9.20. The van der Waals surface area contributed by atoms with Gasteiger partial charge < -0.3 is 0 Å². The molecule has 14 heavy (non-hydrogen) atoms. The van der Waals surface area contributed by atoms with E-state index in [9.17, 15) is 13.2 Å². The van der Waals surface area contributed by atoms with Crippen LogP contribution in [-0.2, 0) is 18.1 Å². The molecule has 0 unspecified atom stereocenters. The molecule has 0 atom stereocenters. The molecule has 4 nitrogen and oxygen atoms in total. The number of rotatable bonds is 5. The summed E-state index contributed by atoms with van der Waals surface area (Å²) in [7, 11) is -3.62. The van der Waals surface area contributed by atoms with Crippen molar-refractivity contribution < 1.29 is 17.4 Å². The third kappa shape index (κ3) is 8.02. The number of carbonyl (C=O) groups excluding carboxylic acids is 1. The van der Waals surface area contributed by atoms with Crippen LogP contribution in [0.25, 0.3) is 0 Å². The number of carbonyl (C=O) groups is 1. The van der Waals surface area contributed by atoms with Crippen LogP contribution in [0, 0.1) is 0 Å². The Hall–Kier alpha value is 0.670. The second-order valence-corrected chi connectivity index (χ2v) is 5.70. The third-order valence-electron chi connectivity index (χ3n) is 0.958. The summed E-state index contributed by atoms with van der Waals surface area (Å²) >= 11 is 0. The molecular formula is C7H13NaO4S2. The summed E-state index contributed by atoms with van der Waals surface area (Å²) in [5.41, 5.74) is 0.189. The zero-order valence-electron chi connectivity index (χ0n) is 7.57. The molecule has 0 amide bonds. The normalized spacial score (nSPS) is 10.4. The fourth-order valence-electron chi connectivity index (χ4n) is 0.373. The molecule has 7 heteroatoms. The Balaban J connectivity index is 0. The topological polar surface area (TPSA) is 60.4 Å². The summed E-state index contributed by atoms with van der Waals surface area (Å²) < 4.78 is 26.4. The van der Waals surface area contributed by atoms with E-state index < -0.39 is 14.3 Å². The van der Waals surface area contributed by atoms with Crippen LogP contribution >= 0.6 is 10.8 Å². The molecule has 0 aromatic rings. The molecule has 78 valence electrons. The average molecular weight is 248 g/mol. The van der Waals surface area contributed by atoms with Crippen molar-refractivity contribution in [1.29, 1.82) is 0 Å². The van der Waals surface area contributed by atoms with Gasteiger partial charge >= 0.3 is 38.7 Å². The van der Waals surface area contributed by atoms with Crippen LogP contribution in [0.1, 0.15) is 20.3 Å². The minimum absolute atomic E-state index is 0. The summed E-state index contributed by atoms with van der Waals surface area (Å²) in [4.78, 5) is 10.9. The van der Waals surface area contributed by atoms with Crippen LogP contribution in [0.5, 0.6) is 0 Å². The van der Waals surface area contributed by atoms with Crippen molar-refractivity contribution in [2.24, 2.45) is 0 Å². The molecule has 0 bridgehead atoms. The van der Waals surface area contributed by atoms with Crippen LogP contribution in [0.15, 0.2) is 12.2 Å². The Labute approximate surface area is 110 Å². The first-order valence-corrected chi connectivity index (χ1v) is 6.42. The van der Waals surface area contributed by atoms with Crippen molar-refractivity contribution in [2.75, 3.05) is 6.61 Å². The van der Waals surface area contributed by atoms with Gasteiger partial charge in [-0.05, 0) is 18.9 Å². The SMILES string of the molecule is C=C(C)C(=O)SS(=O)(=O)OCCC.[NaH]. The van der Waals surface area contributed by atoms with Gasteiger partial charge in [0, 0.05) is 0 Å². The monoisotopic (exact) mass is 248 g/mol. The van der Waals surface area contributed by atoms with Crippen molar-refractivity contribution in [3.05, 3.63) is 12.2 Å². The molecule has 0 aliphatic heterocycles. The van der Waals surface area contributed by atoms with Crippen LogP contribution in [0.2, 0.25) is 0 Å². The first-order chi connectivity index (χ1) is 5.89. The minimum atomic E-state index is -3.78. The van der Waals surface area contributed by atoms with Crippen LogP contribution in [0.3, 0.4) is 0 Å². The molecule has 0 aliphatic rings. The fourth-order valence-corrected chi connectivity index (χ4v) is 2.45. The number of hydrogen-bond donors (Lipinski definition) is 0. The van der Waals surface area contributed by atoms with E-state index >= 15 is 0 Å². The first kappa shape index (κ1) is 17.1. The zero-order chi connectivity index (χ0) is 10.5. The van der Waals surface area contributed by atoms with Crippen molar-refractivity contribution in [3.8, 4) is 0 Å². The summed E-state index contributed by atoms with van der Waals surface area (Å²) in [5, 5.41) is -0.587. The Morgan fingerprint density at radius 2 is 2.00 bits per heavy atom. The van der Waals surface area contributed by atoms with E-state index in [-0.39, 0.29) is 52.5 Å². The molecule has 0 aromatic carbocycles. The van der Waals surface area contributed by atoms with Gasteiger partial charge in [-0.1, -0.05) is 13.5 Å². The molecular weight excluding hydrogens is 235 g/mol. The molecule has 0 spiro atoms. The third-order valence-corrected chi connectivity index (χ3v) is 3.47. The maximum absolute atomic E-state index is 11.0. The van der Waals surface area contributed by atoms with Crippen LogP contribution < -0.4 is 0 Å². The Morgan fingerprint density at radius 1 is 1.50 bits per heavy atom. The summed E-state index contributed by atoms with van der Waals surface area (Å²) in [6.45, 7) is 6.65. The van der Waals surface area contributed by atoms with E-state index in [0.29, 0.717) is 6.42 Å². The molecule has 0 fully saturated rings. The van der Waals surface area contributed by atoms with Gasteiger partial charge in [0.25, 0.3) is 0 Å². The first-order valence-electron chi connectivity index (χ1n) is 3.67.